The first-order chi connectivity index (χ1) is 14.8. The van der Waals surface area contributed by atoms with Crippen LogP contribution in [-0.2, 0) is 23.8 Å². The van der Waals surface area contributed by atoms with E-state index < -0.39 is 12.4 Å². The first-order valence-corrected chi connectivity index (χ1v) is 10.1. The Labute approximate surface area is 181 Å². The summed E-state index contributed by atoms with van der Waals surface area (Å²) in [7, 11) is 0. The fourth-order valence-corrected chi connectivity index (χ4v) is 4.11. The average Bonchev–Trinajstić information content (AvgIpc) is 3.32. The Hall–Kier alpha value is -2.84. The number of aryl methyl sites for hydroxylation is 1. The highest BCUT2D eigenvalue weighted by Crippen LogP contribution is 2.38. The van der Waals surface area contributed by atoms with E-state index in [1.807, 2.05) is 24.0 Å². The Kier molecular flexibility index (Phi) is 5.77. The predicted octanol–water partition coefficient (Wildman–Crippen LogP) is 5.28. The molecule has 0 spiro atoms. The van der Waals surface area contributed by atoms with Crippen LogP contribution in [0.2, 0.25) is 0 Å². The van der Waals surface area contributed by atoms with Crippen molar-refractivity contribution in [3.8, 4) is 17.1 Å². The third kappa shape index (κ3) is 4.60. The molecule has 5 nitrogen and oxygen atoms in total. The van der Waals surface area contributed by atoms with E-state index in [1.54, 1.807) is 18.3 Å². The van der Waals surface area contributed by atoms with Crippen LogP contribution in [-0.4, -0.2) is 27.5 Å². The zero-order chi connectivity index (χ0) is 22.2. The molecular formula is C22H19ClF3N3O2. The molecule has 1 N–H and O–H groups in total. The molecule has 0 saturated heterocycles. The molecule has 2 heterocycles. The molecule has 0 saturated carbocycles. The van der Waals surface area contributed by atoms with Crippen LogP contribution in [0.4, 0.5) is 13.2 Å². The fourth-order valence-electron chi connectivity index (χ4n) is 3.97. The van der Waals surface area contributed by atoms with Crippen molar-refractivity contribution in [1.82, 2.24) is 14.9 Å². The fraction of sp³-hybridized carbons (Fsp3) is 0.273. The molecule has 0 bridgehead atoms. The SMILES string of the molecule is Cc1cc(-c2ncc(CCl)[nH]2)cc2c1C(C=O)N(Cc1ccc(OC(F)(F)F)cc1)C2. The van der Waals surface area contributed by atoms with E-state index in [4.69, 9.17) is 11.6 Å². The topological polar surface area (TPSA) is 58.2 Å². The molecule has 0 aliphatic carbocycles. The molecule has 162 valence electrons. The van der Waals surface area contributed by atoms with Gasteiger partial charge in [-0.3, -0.25) is 4.90 Å². The Morgan fingerprint density at radius 1 is 1.29 bits per heavy atom. The van der Waals surface area contributed by atoms with Gasteiger partial charge in [-0.1, -0.05) is 12.1 Å². The van der Waals surface area contributed by atoms with E-state index >= 15 is 0 Å². The lowest BCUT2D eigenvalue weighted by Gasteiger charge is -2.21. The summed E-state index contributed by atoms with van der Waals surface area (Å²) in [5, 5.41) is 0. The van der Waals surface area contributed by atoms with E-state index in [1.165, 1.54) is 12.1 Å². The highest BCUT2D eigenvalue weighted by molar-refractivity contribution is 6.16. The molecule has 9 heteroatoms. The maximum atomic E-state index is 12.4. The van der Waals surface area contributed by atoms with E-state index in [0.717, 1.165) is 39.8 Å². The van der Waals surface area contributed by atoms with Gasteiger partial charge in [0.05, 0.1) is 11.9 Å². The minimum Gasteiger partial charge on any atom is -0.406 e. The van der Waals surface area contributed by atoms with Crippen LogP contribution in [0.1, 0.15) is 34.0 Å². The zero-order valence-corrected chi connectivity index (χ0v) is 17.3. The summed E-state index contributed by atoms with van der Waals surface area (Å²) in [6, 6.07) is 9.26. The number of carbonyl (C=O) groups is 1. The van der Waals surface area contributed by atoms with Crippen LogP contribution < -0.4 is 4.74 Å². The molecule has 0 amide bonds. The van der Waals surface area contributed by atoms with Gasteiger partial charge in [-0.25, -0.2) is 4.98 Å². The number of alkyl halides is 4. The van der Waals surface area contributed by atoms with E-state index in [-0.39, 0.29) is 5.75 Å². The Morgan fingerprint density at radius 3 is 2.65 bits per heavy atom. The van der Waals surface area contributed by atoms with Gasteiger partial charge in [0.1, 0.15) is 17.9 Å². The summed E-state index contributed by atoms with van der Waals surface area (Å²) in [6.45, 7) is 2.91. The number of H-pyrrole nitrogens is 1. The van der Waals surface area contributed by atoms with Crippen LogP contribution in [0.5, 0.6) is 5.75 Å². The number of nitrogens with one attached hydrogen (secondary N) is 1. The number of ether oxygens (including phenoxy) is 1. The van der Waals surface area contributed by atoms with Gasteiger partial charge in [0.2, 0.25) is 0 Å². The molecule has 1 unspecified atom stereocenters. The number of hydrogen-bond donors (Lipinski definition) is 1. The number of aromatic nitrogens is 2. The lowest BCUT2D eigenvalue weighted by atomic mass is 9.96. The first kappa shape index (κ1) is 21.4. The maximum Gasteiger partial charge on any atom is 0.573 e. The van der Waals surface area contributed by atoms with Gasteiger partial charge in [0.25, 0.3) is 0 Å². The lowest BCUT2D eigenvalue weighted by Crippen LogP contribution is -2.23. The number of imidazole rings is 1. The van der Waals surface area contributed by atoms with Crippen LogP contribution in [0.15, 0.2) is 42.6 Å². The number of fused-ring (bicyclic) bond motifs is 1. The number of nitrogens with zero attached hydrogens (tertiary/aromatic N) is 2. The van der Waals surface area contributed by atoms with E-state index in [2.05, 4.69) is 14.7 Å². The van der Waals surface area contributed by atoms with Gasteiger partial charge in [0, 0.05) is 30.5 Å². The molecule has 1 aliphatic rings. The number of benzene rings is 2. The van der Waals surface area contributed by atoms with Crippen molar-refractivity contribution in [2.75, 3.05) is 0 Å². The predicted molar refractivity (Wildman–Crippen MR) is 109 cm³/mol. The van der Waals surface area contributed by atoms with Crippen molar-refractivity contribution in [3.05, 3.63) is 70.5 Å². The van der Waals surface area contributed by atoms with Crippen molar-refractivity contribution in [3.63, 3.8) is 0 Å². The summed E-state index contributed by atoms with van der Waals surface area (Å²) in [4.78, 5) is 21.4. The molecule has 31 heavy (non-hydrogen) atoms. The highest BCUT2D eigenvalue weighted by atomic mass is 35.5. The molecule has 0 fully saturated rings. The Morgan fingerprint density at radius 2 is 2.03 bits per heavy atom. The minimum absolute atomic E-state index is 0.275. The second-order valence-corrected chi connectivity index (χ2v) is 7.70. The first-order valence-electron chi connectivity index (χ1n) is 9.55. The molecule has 1 atom stereocenters. The zero-order valence-electron chi connectivity index (χ0n) is 16.5. The third-order valence-electron chi connectivity index (χ3n) is 5.25. The van der Waals surface area contributed by atoms with E-state index in [9.17, 15) is 18.0 Å². The number of aromatic amines is 1. The average molecular weight is 450 g/mol. The van der Waals surface area contributed by atoms with Crippen LogP contribution in [0, 0.1) is 6.92 Å². The summed E-state index contributed by atoms with van der Waals surface area (Å²) >= 11 is 5.85. The quantitative estimate of drug-likeness (QED) is 0.411. The second kappa shape index (κ2) is 8.36. The van der Waals surface area contributed by atoms with Crippen molar-refractivity contribution in [2.24, 2.45) is 0 Å². The highest BCUT2D eigenvalue weighted by Gasteiger charge is 2.33. The van der Waals surface area contributed by atoms with Gasteiger partial charge in [0.15, 0.2) is 0 Å². The smallest absolute Gasteiger partial charge is 0.406 e. The van der Waals surface area contributed by atoms with E-state index in [0.29, 0.717) is 24.8 Å². The van der Waals surface area contributed by atoms with Gasteiger partial charge in [-0.15, -0.1) is 24.8 Å². The number of aldehydes is 1. The molecule has 3 aromatic rings. The standard InChI is InChI=1S/C22H19ClF3N3O2/c1-13-6-15(21-27-9-17(8-23)28-21)7-16-11-29(19(12-30)20(13)16)10-14-2-4-18(5-3-14)31-22(24,25)26/h2-7,9,12,19H,8,10-11H2,1H3,(H,27,28). The second-order valence-electron chi connectivity index (χ2n) is 7.43. The number of halogens is 4. The van der Waals surface area contributed by atoms with Gasteiger partial charge in [-0.05, 0) is 53.4 Å². The molecular weight excluding hydrogens is 431 g/mol. The van der Waals surface area contributed by atoms with Crippen LogP contribution in [0.25, 0.3) is 11.4 Å². The summed E-state index contributed by atoms with van der Waals surface area (Å²) in [6.07, 6.45) is -2.13. The Balaban J connectivity index is 1.56. The summed E-state index contributed by atoms with van der Waals surface area (Å²) in [5.41, 5.74) is 5.47. The van der Waals surface area contributed by atoms with Gasteiger partial charge < -0.3 is 14.5 Å². The number of rotatable bonds is 6. The summed E-state index contributed by atoms with van der Waals surface area (Å²) < 4.78 is 41.0. The normalized spacial score (nSPS) is 16.4. The van der Waals surface area contributed by atoms with Crippen LogP contribution >= 0.6 is 11.6 Å². The Bertz CT molecular complexity index is 1100. The van der Waals surface area contributed by atoms with Crippen molar-refractivity contribution >= 4 is 17.9 Å². The number of hydrogen-bond acceptors (Lipinski definition) is 4. The molecule has 1 aromatic heterocycles. The molecule has 2 aromatic carbocycles. The van der Waals surface area contributed by atoms with Crippen molar-refractivity contribution < 1.29 is 22.7 Å². The largest absolute Gasteiger partial charge is 0.573 e. The summed E-state index contributed by atoms with van der Waals surface area (Å²) in [5.74, 6) is 0.774. The van der Waals surface area contributed by atoms with Gasteiger partial charge in [-0.2, -0.15) is 0 Å². The van der Waals surface area contributed by atoms with Crippen molar-refractivity contribution in [2.45, 2.75) is 38.3 Å². The maximum absolute atomic E-state index is 12.4. The molecule has 4 rings (SSSR count). The number of carbonyl (C=O) groups excluding carboxylic acids is 1. The lowest BCUT2D eigenvalue weighted by molar-refractivity contribution is -0.274. The molecule has 0 radical (unpaired) electrons. The van der Waals surface area contributed by atoms with Gasteiger partial charge >= 0.3 is 6.36 Å². The third-order valence-corrected chi connectivity index (χ3v) is 5.54. The van der Waals surface area contributed by atoms with Crippen molar-refractivity contribution in [1.29, 1.82) is 0 Å². The monoisotopic (exact) mass is 449 g/mol. The van der Waals surface area contributed by atoms with Crippen LogP contribution in [0.3, 0.4) is 0 Å². The molecule has 1 aliphatic heterocycles. The minimum atomic E-state index is -4.73.